The van der Waals surface area contributed by atoms with Gasteiger partial charge in [0, 0.05) is 40.5 Å². The fourth-order valence-corrected chi connectivity index (χ4v) is 18.5. The molecule has 1 unspecified atom stereocenters. The molecule has 66 heteroatoms. The highest BCUT2D eigenvalue weighted by atomic mass is 16.8. The van der Waals surface area contributed by atoms with E-state index in [0.29, 0.717) is 0 Å². The minimum atomic E-state index is -3.13. The van der Waals surface area contributed by atoms with Gasteiger partial charge in [0.15, 0.2) is 56.6 Å². The molecule has 0 spiro atoms. The maximum absolute atomic E-state index is 13.3. The third-order valence-electron chi connectivity index (χ3n) is 26.5. The zero-order valence-corrected chi connectivity index (χ0v) is 77.6. The minimum absolute atomic E-state index is 0.837. The van der Waals surface area contributed by atoms with Crippen molar-refractivity contribution in [3.63, 3.8) is 0 Å². The summed E-state index contributed by atoms with van der Waals surface area (Å²) >= 11 is 0. The fraction of sp³-hybridized carbons (Fsp3) is 0.925. The topological polar surface area (TPSA) is 1050 Å². The number of carbonyl (C=O) groups is 6. The Bertz CT molecular complexity index is 4140. The lowest BCUT2D eigenvalue weighted by atomic mass is 9.90. The van der Waals surface area contributed by atoms with E-state index < -0.39 is 470 Å². The molecule has 0 aromatic carbocycles. The molecule has 39 N–H and O–H groups in total. The van der Waals surface area contributed by atoms with Crippen LogP contribution in [0.2, 0.25) is 0 Å². The molecular formula is C80H132N4O62. The number of ether oxygens (including phenoxy) is 21. The second-order valence-electron chi connectivity index (χ2n) is 36.7. The summed E-state index contributed by atoms with van der Waals surface area (Å²) in [6, 6.07) is -8.03. The van der Waals surface area contributed by atoms with Crippen molar-refractivity contribution in [3.05, 3.63) is 0 Å². The van der Waals surface area contributed by atoms with Gasteiger partial charge in [0.1, 0.15) is 268 Å². The van der Waals surface area contributed by atoms with Gasteiger partial charge in [0.2, 0.25) is 23.6 Å². The first kappa shape index (κ1) is 121. The lowest BCUT2D eigenvalue weighted by molar-refractivity contribution is -0.399. The summed E-state index contributed by atoms with van der Waals surface area (Å²) < 4.78 is 124. The molecule has 11 aliphatic heterocycles. The van der Waals surface area contributed by atoms with Gasteiger partial charge in [-0.25, -0.2) is 9.59 Å². The molecule has 11 saturated heterocycles. The number of carboxylic acids is 2. The molecule has 11 aliphatic rings. The average molecular weight is 2140 g/mol. The van der Waals surface area contributed by atoms with E-state index >= 15 is 0 Å². The van der Waals surface area contributed by atoms with Crippen molar-refractivity contribution in [3.8, 4) is 0 Å². The van der Waals surface area contributed by atoms with Crippen LogP contribution >= 0.6 is 0 Å². The van der Waals surface area contributed by atoms with Crippen LogP contribution in [0.5, 0.6) is 0 Å². The van der Waals surface area contributed by atoms with Crippen molar-refractivity contribution >= 4 is 35.6 Å². The van der Waals surface area contributed by atoms with Crippen molar-refractivity contribution in [2.45, 2.75) is 389 Å². The molecule has 844 valence electrons. The van der Waals surface area contributed by atoms with Crippen LogP contribution in [0.25, 0.3) is 0 Å². The highest BCUT2D eigenvalue weighted by Crippen LogP contribution is 2.44. The molecule has 0 aliphatic carbocycles. The Labute approximate surface area is 823 Å². The summed E-state index contributed by atoms with van der Waals surface area (Å²) in [5.41, 5.74) is 0. The summed E-state index contributed by atoms with van der Waals surface area (Å²) in [6.07, 6.45) is -118. The van der Waals surface area contributed by atoms with Crippen molar-refractivity contribution in [1.82, 2.24) is 21.3 Å². The van der Waals surface area contributed by atoms with Crippen molar-refractivity contribution in [2.75, 3.05) is 72.7 Å². The lowest BCUT2D eigenvalue weighted by Gasteiger charge is -2.51. The molecule has 57 atom stereocenters. The second kappa shape index (κ2) is 51.8. The number of aliphatic carboxylic acids is 2. The Morgan fingerprint density at radius 2 is 0.555 bits per heavy atom. The van der Waals surface area contributed by atoms with E-state index in [-0.39, 0.29) is 0 Å². The third-order valence-corrected chi connectivity index (χ3v) is 26.5. The summed E-state index contributed by atoms with van der Waals surface area (Å²) in [5.74, 6) is -14.4. The van der Waals surface area contributed by atoms with Crippen LogP contribution in [0.15, 0.2) is 0 Å². The number of aliphatic hydroxyl groups excluding tert-OH is 33. The standard InChI is InChI=1S/C80H132N4O62/c1-18(93)81-35-48(110)59(28(11-89)129-68(35)121)138-69-36(82-19(2)94)49(111)62(31(14-92)132-69)141-74-58(120)63(142-76-67(55(117)44(106)27(10-88)131-76)144-71-38(84-21(4)96)51(113)61(30(13-91)134-71)140-73-57(119)53(115)46(108)34(137-73)17-128-80(78(124)125)6-23(98)40(102)65(146-80)42(104)25(100)8-86)47(109)32(135-74)15-126-75-66(54(116)43(105)26(9-87)130-75)143-70-37(83-20(3)95)50(112)60(29(12-90)133-70)139-72-56(118)52(114)45(107)33(136-72)16-127-79(77(122)123)5-22(97)39(101)64(145-79)41(103)24(99)7-85/h22-76,85-92,97-121H,5-17H2,1-4H3,(H,81,93)(H,82,94)(H,83,95)(H,84,96)(H,122,123)(H,124,125)/t22-,23-,24+,25+,26+,27+,28+,29+,30+,31+,32+,33+,34+,35+,36+,37+,38+,39+,40+,41+,42+,43+,44+,45-,46-,47+,48+,49+,50+,51+,52-,53-,54-,55-,56+,57+,58-,59+,60+,61+,62+,63-,64+,65+,66-,67-,68?,69-,70-,71-,72-,73-,74-,75-,76+,79+,80+/m0/s1. The molecule has 11 rings (SSSR count). The molecule has 4 amide bonds. The normalized spacial score (nSPS) is 47.5. The number of hydrogen-bond donors (Lipinski definition) is 39. The van der Waals surface area contributed by atoms with Crippen LogP contribution in [-0.2, 0) is 128 Å². The number of carboxylic acid groups (broad SMARTS) is 2. The molecular weight excluding hydrogens is 2010 g/mol. The Morgan fingerprint density at radius 3 is 0.890 bits per heavy atom. The molecule has 146 heavy (non-hydrogen) atoms. The van der Waals surface area contributed by atoms with Gasteiger partial charge in [-0.3, -0.25) is 19.2 Å². The zero-order valence-electron chi connectivity index (χ0n) is 77.6. The lowest BCUT2D eigenvalue weighted by Crippen LogP contribution is -2.71. The third kappa shape index (κ3) is 26.4. The fourth-order valence-electron chi connectivity index (χ4n) is 18.5. The van der Waals surface area contributed by atoms with E-state index in [4.69, 9.17) is 99.5 Å². The van der Waals surface area contributed by atoms with Crippen LogP contribution in [0.3, 0.4) is 0 Å². The van der Waals surface area contributed by atoms with Gasteiger partial charge in [0.05, 0.1) is 84.9 Å². The monoisotopic (exact) mass is 2140 g/mol. The second-order valence-corrected chi connectivity index (χ2v) is 36.7. The van der Waals surface area contributed by atoms with E-state index in [2.05, 4.69) is 21.3 Å². The molecule has 0 bridgehead atoms. The van der Waals surface area contributed by atoms with Crippen LogP contribution in [0, 0.1) is 0 Å². The molecule has 11 fully saturated rings. The first-order valence-electron chi connectivity index (χ1n) is 45.9. The van der Waals surface area contributed by atoms with Crippen molar-refractivity contribution in [2.24, 2.45) is 0 Å². The quantitative estimate of drug-likeness (QED) is 0.0270. The molecule has 66 nitrogen and oxygen atoms in total. The van der Waals surface area contributed by atoms with Gasteiger partial charge >= 0.3 is 11.9 Å². The first-order chi connectivity index (χ1) is 68.7. The van der Waals surface area contributed by atoms with Gasteiger partial charge in [-0.2, -0.15) is 0 Å². The van der Waals surface area contributed by atoms with Crippen LogP contribution in [0.4, 0.5) is 0 Å². The average Bonchev–Trinajstić information content (AvgIpc) is 0.767. The summed E-state index contributed by atoms with van der Waals surface area (Å²) in [4.78, 5) is 77.6. The number of amides is 4. The smallest absolute Gasteiger partial charge is 0.364 e. The van der Waals surface area contributed by atoms with Crippen LogP contribution < -0.4 is 21.3 Å². The van der Waals surface area contributed by atoms with E-state index in [1.165, 1.54) is 0 Å². The predicted octanol–water partition coefficient (Wildman–Crippen LogP) is -26.0. The Morgan fingerprint density at radius 1 is 0.281 bits per heavy atom. The maximum atomic E-state index is 13.3. The SMILES string of the molecule is CC(=O)N[C@H]1[C@H](O[C@H]2[C@H](O)[C@@H](NC(C)=O)C(O)O[C@@H]2CO)O[C@H](CO)[C@@H](O[C@@H]2O[C@H](CO[C@H]3O[C@H](CO)[C@@H](O)[C@H](O)[C@@H]3O[C@@H]3O[C@H](CO)[C@@H](O[C@@H]4O[C@H](CO[C@]5(C(=O)O)C[C@H](O)[C@@H](O)[C@H]([C@H](O)[C@H](O)CO)O5)[C@H](O)[C@H](O)[C@H]4O)[C@H](O)[C@H]3NC(C)=O)[C@@H](O)[C@H](O[C@H]3O[C@H](CO)[C@@H](O)[C@H](O)[C@@H]3O[C@@H]3O[C@H](CO)[C@@H](O[C@@H]4O[C@H](CO[C@]5(C(=O)O)C[C@H](O)[C@@H](O)[C@H]([C@H](O)[C@H](O)CO)O5)[C@H](O)[C@H](O)[C@H]4O)[C@H](O)[C@H]3NC(C)=O)[C@@H]2O)[C@@H]1O. The van der Waals surface area contributed by atoms with Gasteiger partial charge in [-0.05, 0) is 0 Å². The summed E-state index contributed by atoms with van der Waals surface area (Å²) in [5, 5.41) is 398. The molecule has 11 heterocycles. The van der Waals surface area contributed by atoms with Gasteiger partial charge < -0.3 is 299 Å². The highest BCUT2D eigenvalue weighted by Gasteiger charge is 2.65. The van der Waals surface area contributed by atoms with E-state index in [1.54, 1.807) is 0 Å². The van der Waals surface area contributed by atoms with Gasteiger partial charge in [-0.1, -0.05) is 0 Å². The van der Waals surface area contributed by atoms with Crippen LogP contribution in [0.1, 0.15) is 40.5 Å². The van der Waals surface area contributed by atoms with Crippen molar-refractivity contribution in [1.29, 1.82) is 0 Å². The largest absolute Gasteiger partial charge is 0.477 e. The summed E-state index contributed by atoms with van der Waals surface area (Å²) in [6.45, 7) is -10.2. The first-order valence-corrected chi connectivity index (χ1v) is 45.9. The minimum Gasteiger partial charge on any atom is -0.477 e. The number of nitrogens with one attached hydrogen (secondary N) is 4. The van der Waals surface area contributed by atoms with Gasteiger partial charge in [0.25, 0.3) is 11.6 Å². The highest BCUT2D eigenvalue weighted by molar-refractivity contribution is 5.77. The number of rotatable bonds is 41. The van der Waals surface area contributed by atoms with Crippen LogP contribution in [-0.4, -0.2) is 636 Å². The molecule has 0 saturated carbocycles. The molecule has 0 radical (unpaired) electrons. The molecule has 0 aromatic rings. The number of aliphatic hydroxyl groups is 33. The van der Waals surface area contributed by atoms with E-state index in [9.17, 15) is 207 Å². The van der Waals surface area contributed by atoms with Gasteiger partial charge in [-0.15, -0.1) is 0 Å². The summed E-state index contributed by atoms with van der Waals surface area (Å²) in [7, 11) is 0. The number of hydrogen-bond acceptors (Lipinski definition) is 60. The van der Waals surface area contributed by atoms with E-state index in [1.807, 2.05) is 0 Å². The molecule has 0 aromatic heterocycles. The Balaban J connectivity index is 0.888. The zero-order chi connectivity index (χ0) is 108. The Hall–Kier alpha value is -5.34. The van der Waals surface area contributed by atoms with E-state index in [0.717, 1.165) is 27.7 Å². The predicted molar refractivity (Wildman–Crippen MR) is 443 cm³/mol. The Kier molecular flexibility index (Phi) is 42.9. The maximum Gasteiger partial charge on any atom is 0.364 e. The number of carbonyl (C=O) groups excluding carboxylic acids is 4. The van der Waals surface area contributed by atoms with Crippen molar-refractivity contribution < 1.29 is 307 Å².